The van der Waals surface area contributed by atoms with Crippen molar-refractivity contribution in [1.82, 2.24) is 0 Å². The molecule has 3 heteroatoms. The van der Waals surface area contributed by atoms with E-state index in [1.165, 1.54) is 12.2 Å². The first-order valence-corrected chi connectivity index (χ1v) is 2.66. The highest BCUT2D eigenvalue weighted by Gasteiger charge is 1.93. The molecule has 10 heavy (non-hydrogen) atoms. The van der Waals surface area contributed by atoms with Gasteiger partial charge in [0.1, 0.15) is 0 Å². The minimum atomic E-state index is -0.415. The number of hydrogen-bond acceptors (Lipinski definition) is 3. The van der Waals surface area contributed by atoms with Gasteiger partial charge < -0.3 is 4.74 Å². The summed E-state index contributed by atoms with van der Waals surface area (Å²) >= 11 is 0. The van der Waals surface area contributed by atoms with E-state index in [1.807, 2.05) is 0 Å². The van der Waals surface area contributed by atoms with Crippen LogP contribution < -0.4 is 0 Å². The smallest absolute Gasteiger partial charge is 0.314 e. The van der Waals surface area contributed by atoms with Crippen molar-refractivity contribution in [3.63, 3.8) is 0 Å². The summed E-state index contributed by atoms with van der Waals surface area (Å²) in [5.41, 5.74) is 0. The van der Waals surface area contributed by atoms with Crippen LogP contribution in [0.5, 0.6) is 0 Å². The van der Waals surface area contributed by atoms with E-state index in [4.69, 9.17) is 5.26 Å². The molecule has 0 bridgehead atoms. The van der Waals surface area contributed by atoms with Crippen LogP contribution in [0, 0.1) is 11.3 Å². The number of allylic oxidation sites excluding steroid dienone is 1. The predicted octanol–water partition coefficient (Wildman–Crippen LogP) is 1.14. The Labute approximate surface area is 59.2 Å². The van der Waals surface area contributed by atoms with Crippen molar-refractivity contribution in [3.8, 4) is 6.07 Å². The lowest BCUT2D eigenvalue weighted by Crippen LogP contribution is -1.95. The molecule has 0 heterocycles. The van der Waals surface area contributed by atoms with Crippen LogP contribution in [0.25, 0.3) is 0 Å². The van der Waals surface area contributed by atoms with E-state index in [0.717, 1.165) is 6.26 Å². The third kappa shape index (κ3) is 4.60. The molecule has 0 unspecified atom stereocenters. The van der Waals surface area contributed by atoms with E-state index in [9.17, 15) is 4.79 Å². The summed E-state index contributed by atoms with van der Waals surface area (Å²) in [5, 5.41) is 8.00. The van der Waals surface area contributed by atoms with Crippen molar-refractivity contribution in [2.45, 2.75) is 6.42 Å². The Hall–Kier alpha value is -1.56. The van der Waals surface area contributed by atoms with E-state index < -0.39 is 5.97 Å². The molecule has 0 fully saturated rings. The highest BCUT2D eigenvalue weighted by Crippen LogP contribution is 1.87. The number of nitriles is 1. The highest BCUT2D eigenvalue weighted by molar-refractivity contribution is 5.71. The van der Waals surface area contributed by atoms with Gasteiger partial charge in [0, 0.05) is 6.08 Å². The SMILES string of the molecule is C=COC(=O)CC=CC#N. The Balaban J connectivity index is 3.51. The van der Waals surface area contributed by atoms with Crippen LogP contribution in [-0.2, 0) is 9.53 Å². The van der Waals surface area contributed by atoms with Crippen molar-refractivity contribution >= 4 is 5.97 Å². The first-order valence-electron chi connectivity index (χ1n) is 2.66. The van der Waals surface area contributed by atoms with E-state index in [0.29, 0.717) is 0 Å². The van der Waals surface area contributed by atoms with Crippen LogP contribution >= 0.6 is 0 Å². The number of carbonyl (C=O) groups is 1. The highest BCUT2D eigenvalue weighted by atomic mass is 16.5. The minimum absolute atomic E-state index is 0.111. The average molecular weight is 137 g/mol. The first-order chi connectivity index (χ1) is 4.81. The number of rotatable bonds is 3. The fraction of sp³-hybridized carbons (Fsp3) is 0.143. The third-order valence-corrected chi connectivity index (χ3v) is 0.692. The van der Waals surface area contributed by atoms with Gasteiger partial charge in [0.15, 0.2) is 0 Å². The molecule has 0 aromatic carbocycles. The molecule has 0 aliphatic heterocycles. The second-order valence-electron chi connectivity index (χ2n) is 1.39. The third-order valence-electron chi connectivity index (χ3n) is 0.692. The topological polar surface area (TPSA) is 50.1 Å². The van der Waals surface area contributed by atoms with Crippen LogP contribution in [-0.4, -0.2) is 5.97 Å². The summed E-state index contributed by atoms with van der Waals surface area (Å²) in [6, 6.07) is 1.75. The summed E-state index contributed by atoms with van der Waals surface area (Å²) in [5.74, 6) is -0.415. The standard InChI is InChI=1S/C7H7NO2/c1-2-10-7(9)5-3-4-6-8/h2-4H,1,5H2. The Bertz CT molecular complexity index is 188. The van der Waals surface area contributed by atoms with Crippen molar-refractivity contribution in [2.24, 2.45) is 0 Å². The van der Waals surface area contributed by atoms with Gasteiger partial charge in [-0.05, 0) is 0 Å². The van der Waals surface area contributed by atoms with E-state index in [1.54, 1.807) is 6.07 Å². The van der Waals surface area contributed by atoms with Gasteiger partial charge in [0.05, 0.1) is 18.8 Å². The fourth-order valence-electron chi connectivity index (χ4n) is 0.349. The lowest BCUT2D eigenvalue weighted by molar-refractivity contribution is -0.136. The van der Waals surface area contributed by atoms with Gasteiger partial charge in [-0.1, -0.05) is 12.7 Å². The van der Waals surface area contributed by atoms with Crippen LogP contribution in [0.3, 0.4) is 0 Å². The molecule has 0 aromatic rings. The Morgan fingerprint density at radius 3 is 3.00 bits per heavy atom. The molecule has 0 aromatic heterocycles. The molecule has 0 spiro atoms. The van der Waals surface area contributed by atoms with Crippen LogP contribution in [0.1, 0.15) is 6.42 Å². The Morgan fingerprint density at radius 1 is 1.80 bits per heavy atom. The summed E-state index contributed by atoms with van der Waals surface area (Å²) in [6.07, 6.45) is 3.82. The van der Waals surface area contributed by atoms with E-state index in [-0.39, 0.29) is 6.42 Å². The zero-order valence-electron chi connectivity index (χ0n) is 5.41. The van der Waals surface area contributed by atoms with Crippen LogP contribution in [0.15, 0.2) is 25.0 Å². The maximum Gasteiger partial charge on any atom is 0.314 e. The molecule has 0 saturated carbocycles. The molecule has 0 amide bonds. The van der Waals surface area contributed by atoms with Gasteiger partial charge in [-0.25, -0.2) is 0 Å². The second kappa shape index (κ2) is 5.57. The number of esters is 1. The normalized spacial score (nSPS) is 8.70. The molecule has 52 valence electrons. The van der Waals surface area contributed by atoms with Crippen molar-refractivity contribution in [3.05, 3.63) is 25.0 Å². The average Bonchev–Trinajstić information content (AvgIpc) is 1.89. The number of carbonyl (C=O) groups excluding carboxylic acids is 1. The molecule has 0 rings (SSSR count). The minimum Gasteiger partial charge on any atom is -0.435 e. The molecular weight excluding hydrogens is 130 g/mol. The van der Waals surface area contributed by atoms with Gasteiger partial charge >= 0.3 is 5.97 Å². The monoisotopic (exact) mass is 137 g/mol. The maximum atomic E-state index is 10.5. The predicted molar refractivity (Wildman–Crippen MR) is 35.7 cm³/mol. The van der Waals surface area contributed by atoms with Gasteiger partial charge in [0.2, 0.25) is 0 Å². The Morgan fingerprint density at radius 2 is 2.50 bits per heavy atom. The number of hydrogen-bond donors (Lipinski definition) is 0. The number of ether oxygens (including phenoxy) is 1. The zero-order chi connectivity index (χ0) is 7.82. The molecule has 0 aliphatic carbocycles. The maximum absolute atomic E-state index is 10.5. The zero-order valence-corrected chi connectivity index (χ0v) is 5.41. The molecule has 0 atom stereocenters. The van der Waals surface area contributed by atoms with Crippen molar-refractivity contribution in [1.29, 1.82) is 5.26 Å². The van der Waals surface area contributed by atoms with Crippen molar-refractivity contribution in [2.75, 3.05) is 0 Å². The quantitative estimate of drug-likeness (QED) is 0.333. The van der Waals surface area contributed by atoms with E-state index in [2.05, 4.69) is 11.3 Å². The molecule has 3 nitrogen and oxygen atoms in total. The van der Waals surface area contributed by atoms with Gasteiger partial charge in [-0.15, -0.1) is 0 Å². The summed E-state index contributed by atoms with van der Waals surface area (Å²) in [6.45, 7) is 3.20. The largest absolute Gasteiger partial charge is 0.435 e. The lowest BCUT2D eigenvalue weighted by Gasteiger charge is -1.90. The second-order valence-corrected chi connectivity index (χ2v) is 1.39. The van der Waals surface area contributed by atoms with Crippen LogP contribution in [0.2, 0.25) is 0 Å². The van der Waals surface area contributed by atoms with Crippen LogP contribution in [0.4, 0.5) is 0 Å². The van der Waals surface area contributed by atoms with Crippen molar-refractivity contribution < 1.29 is 9.53 Å². The summed E-state index contributed by atoms with van der Waals surface area (Å²) < 4.78 is 4.35. The summed E-state index contributed by atoms with van der Waals surface area (Å²) in [4.78, 5) is 10.5. The molecule has 0 radical (unpaired) electrons. The molecule has 0 N–H and O–H groups in total. The lowest BCUT2D eigenvalue weighted by atomic mass is 10.4. The Kier molecular flexibility index (Phi) is 4.70. The molecule has 0 saturated heterocycles. The number of nitrogens with zero attached hydrogens (tertiary/aromatic N) is 1. The van der Waals surface area contributed by atoms with Gasteiger partial charge in [-0.3, -0.25) is 4.79 Å². The first kappa shape index (κ1) is 8.44. The molecule has 0 aliphatic rings. The molecular formula is C7H7NO2. The van der Waals surface area contributed by atoms with Gasteiger partial charge in [0.25, 0.3) is 0 Å². The van der Waals surface area contributed by atoms with E-state index >= 15 is 0 Å². The summed E-state index contributed by atoms with van der Waals surface area (Å²) in [7, 11) is 0. The fourth-order valence-corrected chi connectivity index (χ4v) is 0.349. The van der Waals surface area contributed by atoms with Gasteiger partial charge in [-0.2, -0.15) is 5.26 Å².